The number of alkyl halides is 3. The minimum atomic E-state index is -4.37. The summed E-state index contributed by atoms with van der Waals surface area (Å²) in [5, 5.41) is 15.3. The molecular formula is C9H9F3N2O4. The van der Waals surface area contributed by atoms with Crippen molar-refractivity contribution in [2.45, 2.75) is 12.6 Å². The minimum Gasteiger partial charge on any atom is -0.478 e. The van der Waals surface area contributed by atoms with Gasteiger partial charge in [-0.1, -0.05) is 0 Å². The van der Waals surface area contributed by atoms with Crippen molar-refractivity contribution < 1.29 is 32.2 Å². The van der Waals surface area contributed by atoms with E-state index in [1.54, 1.807) is 0 Å². The van der Waals surface area contributed by atoms with Crippen LogP contribution in [0.5, 0.6) is 0 Å². The van der Waals surface area contributed by atoms with Crippen molar-refractivity contribution in [3.8, 4) is 0 Å². The van der Waals surface area contributed by atoms with E-state index in [1.165, 1.54) is 0 Å². The molecular weight excluding hydrogens is 257 g/mol. The maximum Gasteiger partial charge on any atom is 0.411 e. The molecule has 6 nitrogen and oxygen atoms in total. The van der Waals surface area contributed by atoms with Crippen LogP contribution in [0.15, 0.2) is 10.5 Å². The highest BCUT2D eigenvalue weighted by atomic mass is 19.4. The lowest BCUT2D eigenvalue weighted by molar-refractivity contribution is -0.173. The molecule has 1 heterocycles. The van der Waals surface area contributed by atoms with Gasteiger partial charge in [0, 0.05) is 18.6 Å². The van der Waals surface area contributed by atoms with E-state index in [1.807, 2.05) is 0 Å². The predicted octanol–water partition coefficient (Wildman–Crippen LogP) is 1.29. The standard InChI is InChI=1S/C9H9F3N2O4/c10-9(11,12)5-17-4-3-7-14-13-6(18-7)1-2-8(15)16/h1-2H,3-5H2,(H,15,16)/b2-1+. The number of carbonyl (C=O) groups is 1. The average Bonchev–Trinajstić information content (AvgIpc) is 2.68. The maximum absolute atomic E-state index is 11.7. The van der Waals surface area contributed by atoms with E-state index in [-0.39, 0.29) is 24.8 Å². The monoisotopic (exact) mass is 266 g/mol. The summed E-state index contributed by atoms with van der Waals surface area (Å²) >= 11 is 0. The quantitative estimate of drug-likeness (QED) is 0.616. The first-order valence-electron chi connectivity index (χ1n) is 4.75. The van der Waals surface area contributed by atoms with Crippen LogP contribution in [0.1, 0.15) is 11.8 Å². The van der Waals surface area contributed by atoms with Crippen LogP contribution in [0.2, 0.25) is 0 Å². The number of hydrogen-bond donors (Lipinski definition) is 1. The van der Waals surface area contributed by atoms with Gasteiger partial charge in [-0.2, -0.15) is 13.2 Å². The Morgan fingerprint density at radius 3 is 2.78 bits per heavy atom. The first kappa shape index (κ1) is 14.2. The van der Waals surface area contributed by atoms with E-state index in [2.05, 4.69) is 14.9 Å². The third-order valence-corrected chi connectivity index (χ3v) is 1.58. The molecule has 18 heavy (non-hydrogen) atoms. The van der Waals surface area contributed by atoms with Crippen molar-refractivity contribution in [2.24, 2.45) is 0 Å². The zero-order valence-corrected chi connectivity index (χ0v) is 8.98. The summed E-state index contributed by atoms with van der Waals surface area (Å²) in [7, 11) is 0. The third-order valence-electron chi connectivity index (χ3n) is 1.58. The molecule has 0 saturated carbocycles. The Morgan fingerprint density at radius 1 is 1.44 bits per heavy atom. The SMILES string of the molecule is O=C(O)/C=C/c1nnc(CCOCC(F)(F)F)o1. The molecule has 0 saturated heterocycles. The van der Waals surface area contributed by atoms with Gasteiger partial charge in [0.1, 0.15) is 6.61 Å². The van der Waals surface area contributed by atoms with Crippen molar-refractivity contribution >= 4 is 12.0 Å². The van der Waals surface area contributed by atoms with E-state index in [9.17, 15) is 18.0 Å². The van der Waals surface area contributed by atoms with Gasteiger partial charge in [0.15, 0.2) is 0 Å². The number of aliphatic carboxylic acids is 1. The first-order chi connectivity index (χ1) is 8.37. The Labute approximate surface area is 99.1 Å². The molecule has 1 aromatic heterocycles. The zero-order chi connectivity index (χ0) is 13.6. The largest absolute Gasteiger partial charge is 0.478 e. The molecule has 1 rings (SSSR count). The minimum absolute atomic E-state index is 0.0178. The molecule has 0 bridgehead atoms. The van der Waals surface area contributed by atoms with Gasteiger partial charge in [0.05, 0.1) is 6.61 Å². The Bertz CT molecular complexity index is 428. The van der Waals surface area contributed by atoms with E-state index in [0.717, 1.165) is 12.2 Å². The molecule has 1 aromatic rings. The summed E-state index contributed by atoms with van der Waals surface area (Å²) in [5.74, 6) is -1.14. The van der Waals surface area contributed by atoms with Crippen molar-refractivity contribution in [1.29, 1.82) is 0 Å². The molecule has 100 valence electrons. The second-order valence-electron chi connectivity index (χ2n) is 3.12. The highest BCUT2D eigenvalue weighted by Gasteiger charge is 2.27. The molecule has 0 radical (unpaired) electrons. The summed E-state index contributed by atoms with van der Waals surface area (Å²) in [6.07, 6.45) is -2.47. The zero-order valence-electron chi connectivity index (χ0n) is 8.98. The van der Waals surface area contributed by atoms with Gasteiger partial charge in [-0.15, -0.1) is 10.2 Å². The van der Waals surface area contributed by atoms with E-state index in [0.29, 0.717) is 0 Å². The van der Waals surface area contributed by atoms with Crippen LogP contribution >= 0.6 is 0 Å². The normalized spacial score (nSPS) is 12.2. The molecule has 0 atom stereocenters. The topological polar surface area (TPSA) is 85.5 Å². The summed E-state index contributed by atoms with van der Waals surface area (Å²) in [5.41, 5.74) is 0. The molecule has 0 unspecified atom stereocenters. The second-order valence-corrected chi connectivity index (χ2v) is 3.12. The fraction of sp³-hybridized carbons (Fsp3) is 0.444. The van der Waals surface area contributed by atoms with Crippen molar-refractivity contribution in [3.05, 3.63) is 17.9 Å². The number of ether oxygens (including phenoxy) is 1. The van der Waals surface area contributed by atoms with Crippen LogP contribution in [0.4, 0.5) is 13.2 Å². The molecule has 0 fully saturated rings. The summed E-state index contributed by atoms with van der Waals surface area (Å²) in [6.45, 7) is -1.56. The number of halogens is 3. The molecule has 0 amide bonds. The molecule has 0 aliphatic heterocycles. The Kier molecular flexibility index (Phi) is 4.84. The van der Waals surface area contributed by atoms with Crippen LogP contribution in [0, 0.1) is 0 Å². The number of carboxylic acids is 1. The molecule has 0 aliphatic rings. The van der Waals surface area contributed by atoms with Gasteiger partial charge in [-0.25, -0.2) is 4.79 Å². The summed E-state index contributed by atoms with van der Waals surface area (Å²) in [6, 6.07) is 0. The summed E-state index contributed by atoms with van der Waals surface area (Å²) in [4.78, 5) is 10.2. The van der Waals surface area contributed by atoms with Crippen LogP contribution in [0.3, 0.4) is 0 Å². The molecule has 1 N–H and O–H groups in total. The molecule has 9 heteroatoms. The van der Waals surface area contributed by atoms with Crippen molar-refractivity contribution in [2.75, 3.05) is 13.2 Å². The fourth-order valence-electron chi connectivity index (χ4n) is 0.925. The maximum atomic E-state index is 11.7. The average molecular weight is 266 g/mol. The van der Waals surface area contributed by atoms with Gasteiger partial charge >= 0.3 is 12.1 Å². The number of hydrogen-bond acceptors (Lipinski definition) is 5. The van der Waals surface area contributed by atoms with Gasteiger partial charge in [-0.05, 0) is 0 Å². The van der Waals surface area contributed by atoms with Gasteiger partial charge in [0.25, 0.3) is 0 Å². The Hall–Kier alpha value is -1.90. The van der Waals surface area contributed by atoms with E-state index in [4.69, 9.17) is 9.52 Å². The van der Waals surface area contributed by atoms with E-state index < -0.39 is 18.8 Å². The lowest BCUT2D eigenvalue weighted by atomic mass is 10.4. The van der Waals surface area contributed by atoms with Crippen LogP contribution in [-0.4, -0.2) is 40.7 Å². The van der Waals surface area contributed by atoms with Gasteiger partial charge in [-0.3, -0.25) is 0 Å². The van der Waals surface area contributed by atoms with Crippen molar-refractivity contribution in [1.82, 2.24) is 10.2 Å². The fourth-order valence-corrected chi connectivity index (χ4v) is 0.925. The number of nitrogens with zero attached hydrogens (tertiary/aromatic N) is 2. The van der Waals surface area contributed by atoms with Crippen LogP contribution in [-0.2, 0) is 16.0 Å². The Morgan fingerprint density at radius 2 is 2.17 bits per heavy atom. The van der Waals surface area contributed by atoms with Crippen LogP contribution in [0.25, 0.3) is 6.08 Å². The van der Waals surface area contributed by atoms with E-state index >= 15 is 0 Å². The van der Waals surface area contributed by atoms with Gasteiger partial charge in [0.2, 0.25) is 11.8 Å². The lowest BCUT2D eigenvalue weighted by Gasteiger charge is -2.05. The summed E-state index contributed by atoms with van der Waals surface area (Å²) < 4.78 is 44.4. The van der Waals surface area contributed by atoms with Crippen molar-refractivity contribution in [3.63, 3.8) is 0 Å². The predicted molar refractivity (Wildman–Crippen MR) is 51.5 cm³/mol. The highest BCUT2D eigenvalue weighted by molar-refractivity contribution is 5.84. The molecule has 0 spiro atoms. The third kappa shape index (κ3) is 5.99. The van der Waals surface area contributed by atoms with Crippen LogP contribution < -0.4 is 0 Å². The number of rotatable bonds is 6. The first-order valence-corrected chi connectivity index (χ1v) is 4.75. The van der Waals surface area contributed by atoms with Gasteiger partial charge < -0.3 is 14.3 Å². The smallest absolute Gasteiger partial charge is 0.411 e. The number of carboxylic acid groups (broad SMARTS) is 1. The molecule has 0 aromatic carbocycles. The second kappa shape index (κ2) is 6.15. The Balaban J connectivity index is 2.34. The highest BCUT2D eigenvalue weighted by Crippen LogP contribution is 2.14. The number of aromatic nitrogens is 2. The molecule has 0 aliphatic carbocycles. The lowest BCUT2D eigenvalue weighted by Crippen LogP contribution is -2.17.